The van der Waals surface area contributed by atoms with Gasteiger partial charge in [-0.3, -0.25) is 9.59 Å². The van der Waals surface area contributed by atoms with Crippen molar-refractivity contribution in [3.63, 3.8) is 0 Å². The lowest BCUT2D eigenvalue weighted by Gasteiger charge is -2.09. The number of nitrogens with one attached hydrogen (secondary N) is 2. The summed E-state index contributed by atoms with van der Waals surface area (Å²) in [5.74, 6) is -1.00. The highest BCUT2D eigenvalue weighted by Gasteiger charge is 2.14. The first-order chi connectivity index (χ1) is 11.5. The number of anilines is 1. The third-order valence-corrected chi connectivity index (χ3v) is 3.35. The monoisotopic (exact) mass is 350 g/mol. The third kappa shape index (κ3) is 4.85. The van der Waals surface area contributed by atoms with Crippen molar-refractivity contribution in [2.24, 2.45) is 0 Å². The van der Waals surface area contributed by atoms with Gasteiger partial charge >= 0.3 is 5.97 Å². The highest BCUT2D eigenvalue weighted by Crippen LogP contribution is 2.23. The fourth-order valence-electron chi connectivity index (χ4n) is 1.87. The number of hydrogen-bond donors (Lipinski definition) is 2. The van der Waals surface area contributed by atoms with Gasteiger partial charge in [0.2, 0.25) is 11.8 Å². The minimum absolute atomic E-state index is 0.192. The van der Waals surface area contributed by atoms with Gasteiger partial charge in [0.25, 0.3) is 0 Å². The second-order valence-electron chi connectivity index (χ2n) is 4.77. The smallest absolute Gasteiger partial charge is 0.337 e. The van der Waals surface area contributed by atoms with Crippen LogP contribution in [-0.4, -0.2) is 24.9 Å². The van der Waals surface area contributed by atoms with E-state index in [1.807, 2.05) is 0 Å². The van der Waals surface area contributed by atoms with Crippen LogP contribution in [0, 0.1) is 0 Å². The Morgan fingerprint density at radius 2 is 2.00 bits per heavy atom. The zero-order valence-corrected chi connectivity index (χ0v) is 13.6. The lowest BCUT2D eigenvalue weighted by molar-refractivity contribution is -0.127. The van der Waals surface area contributed by atoms with Gasteiger partial charge in [-0.15, -0.1) is 0 Å². The fraction of sp³-hybridized carbons (Fsp3) is 0.188. The van der Waals surface area contributed by atoms with E-state index in [2.05, 4.69) is 15.4 Å². The molecular weight excluding hydrogens is 336 g/mol. The van der Waals surface area contributed by atoms with Crippen molar-refractivity contribution in [3.8, 4) is 0 Å². The summed E-state index contributed by atoms with van der Waals surface area (Å²) in [6, 6.07) is 7.72. The van der Waals surface area contributed by atoms with E-state index in [4.69, 9.17) is 16.0 Å². The van der Waals surface area contributed by atoms with Gasteiger partial charge < -0.3 is 19.8 Å². The minimum Gasteiger partial charge on any atom is -0.467 e. The van der Waals surface area contributed by atoms with E-state index in [-0.39, 0.29) is 29.2 Å². The van der Waals surface area contributed by atoms with Crippen LogP contribution in [0.1, 0.15) is 22.5 Å². The van der Waals surface area contributed by atoms with Gasteiger partial charge in [-0.2, -0.15) is 0 Å². The summed E-state index contributed by atoms with van der Waals surface area (Å²) in [7, 11) is 1.25. The van der Waals surface area contributed by atoms with E-state index < -0.39 is 17.8 Å². The SMILES string of the molecule is COC(=O)c1ccc(Cl)c(NC(=O)CC(=O)NCc2ccco2)c1. The van der Waals surface area contributed by atoms with E-state index >= 15 is 0 Å². The summed E-state index contributed by atoms with van der Waals surface area (Å²) in [6.07, 6.45) is 1.10. The Kier molecular flexibility index (Phi) is 5.97. The van der Waals surface area contributed by atoms with Crippen molar-refractivity contribution in [1.82, 2.24) is 5.32 Å². The molecule has 0 fully saturated rings. The number of hydrogen-bond acceptors (Lipinski definition) is 5. The molecule has 0 bridgehead atoms. The molecule has 126 valence electrons. The van der Waals surface area contributed by atoms with Gasteiger partial charge in [-0.25, -0.2) is 4.79 Å². The van der Waals surface area contributed by atoms with Crippen LogP contribution in [0.5, 0.6) is 0 Å². The molecule has 0 aliphatic heterocycles. The molecule has 2 amide bonds. The largest absolute Gasteiger partial charge is 0.467 e. The zero-order valence-electron chi connectivity index (χ0n) is 12.8. The number of ether oxygens (including phenoxy) is 1. The van der Waals surface area contributed by atoms with Crippen molar-refractivity contribution < 1.29 is 23.5 Å². The van der Waals surface area contributed by atoms with Gasteiger partial charge in [-0.1, -0.05) is 11.6 Å². The van der Waals surface area contributed by atoms with Crippen molar-refractivity contribution in [2.75, 3.05) is 12.4 Å². The van der Waals surface area contributed by atoms with Gasteiger partial charge in [0.15, 0.2) is 0 Å². The number of amides is 2. The Hall–Kier alpha value is -2.80. The van der Waals surface area contributed by atoms with Gasteiger partial charge in [0.05, 0.1) is 36.2 Å². The average molecular weight is 351 g/mol. The van der Waals surface area contributed by atoms with Gasteiger partial charge in [-0.05, 0) is 30.3 Å². The summed E-state index contributed by atoms with van der Waals surface area (Å²) < 4.78 is 9.67. The molecule has 1 aromatic heterocycles. The molecule has 2 rings (SSSR count). The molecule has 1 aromatic carbocycles. The Morgan fingerprint density at radius 1 is 1.21 bits per heavy atom. The van der Waals surface area contributed by atoms with E-state index in [1.54, 1.807) is 12.1 Å². The maximum atomic E-state index is 11.9. The first-order valence-electron chi connectivity index (χ1n) is 6.96. The summed E-state index contributed by atoms with van der Waals surface area (Å²) in [5, 5.41) is 5.29. The lowest BCUT2D eigenvalue weighted by atomic mass is 10.2. The molecule has 0 aliphatic carbocycles. The Labute approximate surface area is 142 Å². The summed E-state index contributed by atoms with van der Waals surface area (Å²) >= 11 is 5.97. The van der Waals surface area contributed by atoms with Crippen LogP contribution < -0.4 is 10.6 Å². The quantitative estimate of drug-likeness (QED) is 0.615. The lowest BCUT2D eigenvalue weighted by Crippen LogP contribution is -2.27. The summed E-state index contributed by atoms with van der Waals surface area (Å²) in [4.78, 5) is 35.1. The molecule has 0 atom stereocenters. The molecule has 0 saturated carbocycles. The Balaban J connectivity index is 1.91. The van der Waals surface area contributed by atoms with Gasteiger partial charge in [0, 0.05) is 0 Å². The average Bonchev–Trinajstić information content (AvgIpc) is 3.07. The summed E-state index contributed by atoms with van der Waals surface area (Å²) in [6.45, 7) is 0.192. The highest BCUT2D eigenvalue weighted by molar-refractivity contribution is 6.34. The maximum absolute atomic E-state index is 11.9. The standard InChI is InChI=1S/C16H15ClN2O5/c1-23-16(22)10-4-5-12(17)13(7-10)19-15(21)8-14(20)18-9-11-3-2-6-24-11/h2-7H,8-9H2,1H3,(H,18,20)(H,19,21). The van der Waals surface area contributed by atoms with Crippen LogP contribution >= 0.6 is 11.6 Å². The number of furan rings is 1. The van der Waals surface area contributed by atoms with E-state index in [0.29, 0.717) is 5.76 Å². The number of methoxy groups -OCH3 is 1. The number of benzene rings is 1. The molecular formula is C16H15ClN2O5. The Morgan fingerprint density at radius 3 is 2.67 bits per heavy atom. The molecule has 0 saturated heterocycles. The normalized spacial score (nSPS) is 10.1. The zero-order chi connectivity index (χ0) is 17.5. The molecule has 0 radical (unpaired) electrons. The van der Waals surface area contributed by atoms with Crippen molar-refractivity contribution in [2.45, 2.75) is 13.0 Å². The topological polar surface area (TPSA) is 97.6 Å². The van der Waals surface area contributed by atoms with Crippen molar-refractivity contribution >= 4 is 35.1 Å². The van der Waals surface area contributed by atoms with Crippen LogP contribution in [-0.2, 0) is 20.9 Å². The van der Waals surface area contributed by atoms with Gasteiger partial charge in [0.1, 0.15) is 12.2 Å². The van der Waals surface area contributed by atoms with E-state index in [1.165, 1.54) is 31.6 Å². The van der Waals surface area contributed by atoms with Crippen LogP contribution in [0.2, 0.25) is 5.02 Å². The number of rotatable bonds is 6. The van der Waals surface area contributed by atoms with Crippen LogP contribution in [0.15, 0.2) is 41.0 Å². The number of carbonyl (C=O) groups is 3. The second kappa shape index (κ2) is 8.16. The predicted molar refractivity (Wildman–Crippen MR) is 86.6 cm³/mol. The van der Waals surface area contributed by atoms with Crippen molar-refractivity contribution in [1.29, 1.82) is 0 Å². The number of carbonyl (C=O) groups excluding carboxylic acids is 3. The molecule has 7 nitrogen and oxygen atoms in total. The molecule has 24 heavy (non-hydrogen) atoms. The van der Waals surface area contributed by atoms with Crippen LogP contribution in [0.25, 0.3) is 0 Å². The predicted octanol–water partition coefficient (Wildman–Crippen LogP) is 2.36. The number of esters is 1. The molecule has 0 unspecified atom stereocenters. The minimum atomic E-state index is -0.559. The van der Waals surface area contributed by atoms with Crippen LogP contribution in [0.4, 0.5) is 5.69 Å². The molecule has 2 N–H and O–H groups in total. The number of halogens is 1. The van der Waals surface area contributed by atoms with E-state index in [9.17, 15) is 14.4 Å². The first kappa shape index (κ1) is 17.6. The molecule has 1 heterocycles. The molecule has 0 spiro atoms. The summed E-state index contributed by atoms with van der Waals surface area (Å²) in [5.41, 5.74) is 0.461. The third-order valence-electron chi connectivity index (χ3n) is 3.02. The van der Waals surface area contributed by atoms with E-state index in [0.717, 1.165) is 0 Å². The maximum Gasteiger partial charge on any atom is 0.337 e. The molecule has 0 aliphatic rings. The molecule has 2 aromatic rings. The van der Waals surface area contributed by atoms with Crippen LogP contribution in [0.3, 0.4) is 0 Å². The fourth-order valence-corrected chi connectivity index (χ4v) is 2.03. The molecule has 8 heteroatoms. The second-order valence-corrected chi connectivity index (χ2v) is 5.17. The highest BCUT2D eigenvalue weighted by atomic mass is 35.5. The van der Waals surface area contributed by atoms with Crippen molar-refractivity contribution in [3.05, 3.63) is 52.9 Å². The first-order valence-corrected chi connectivity index (χ1v) is 7.34. The Bertz CT molecular complexity index is 743.